The first-order valence-corrected chi connectivity index (χ1v) is 14.0. The third-order valence-electron chi connectivity index (χ3n) is 6.36. The van der Waals surface area contributed by atoms with Crippen molar-refractivity contribution in [3.05, 3.63) is 101 Å². The Morgan fingerprint density at radius 3 is 2.44 bits per heavy atom. The molecule has 0 radical (unpaired) electrons. The summed E-state index contributed by atoms with van der Waals surface area (Å²) in [6.45, 7) is 11.7. The second kappa shape index (κ2) is 17.4. The lowest BCUT2D eigenvalue weighted by Crippen LogP contribution is -2.29. The molecule has 0 saturated carbocycles. The second-order valence-corrected chi connectivity index (χ2v) is 9.98. The number of aromatic nitrogens is 2. The van der Waals surface area contributed by atoms with Crippen LogP contribution in [0.25, 0.3) is 5.57 Å². The second-order valence-electron chi connectivity index (χ2n) is 9.98. The molecule has 0 spiro atoms. The van der Waals surface area contributed by atoms with Gasteiger partial charge >= 0.3 is 0 Å². The summed E-state index contributed by atoms with van der Waals surface area (Å²) >= 11 is 0. The molecule has 45 heavy (non-hydrogen) atoms. The minimum atomic E-state index is -0.476. The van der Waals surface area contributed by atoms with E-state index in [2.05, 4.69) is 38.8 Å². The van der Waals surface area contributed by atoms with E-state index < -0.39 is 5.91 Å². The van der Waals surface area contributed by atoms with E-state index >= 15 is 0 Å². The molecule has 1 aromatic carbocycles. The van der Waals surface area contributed by atoms with Crippen molar-refractivity contribution >= 4 is 41.0 Å². The van der Waals surface area contributed by atoms with Crippen LogP contribution in [0, 0.1) is 11.3 Å². The van der Waals surface area contributed by atoms with Crippen LogP contribution in [0.2, 0.25) is 0 Å². The Balaban J connectivity index is 2.42. The molecule has 1 heterocycles. The summed E-state index contributed by atoms with van der Waals surface area (Å²) in [5.74, 6) is -0.0714. The van der Waals surface area contributed by atoms with Crippen LogP contribution in [0.1, 0.15) is 43.7 Å². The van der Waals surface area contributed by atoms with Gasteiger partial charge in [-0.3, -0.25) is 14.4 Å². The first-order chi connectivity index (χ1) is 21.5. The SMILES string of the molecule is C=C/C(=C\C=C(/C)C(=O)N(C)CC(/C=C(/C#N)C=C(C)C)=C/C)c1cccc(Nc2cc(NC=O)nnc2C(=O)NC)c1OC. The van der Waals surface area contributed by atoms with Gasteiger partial charge in [0.2, 0.25) is 12.3 Å². The average molecular weight is 610 g/mol. The molecule has 11 heteroatoms. The number of anilines is 3. The number of ether oxygens (including phenoxy) is 1. The number of nitrogens with zero attached hydrogens (tertiary/aromatic N) is 4. The quantitative estimate of drug-likeness (QED) is 0.110. The first kappa shape index (κ1) is 35.4. The van der Waals surface area contributed by atoms with Crippen LogP contribution in [0.15, 0.2) is 89.6 Å². The van der Waals surface area contributed by atoms with Gasteiger partial charge in [-0.25, -0.2) is 0 Å². The predicted octanol–water partition coefficient (Wildman–Crippen LogP) is 5.49. The van der Waals surface area contributed by atoms with Gasteiger partial charge in [0.05, 0.1) is 30.1 Å². The number of amides is 3. The summed E-state index contributed by atoms with van der Waals surface area (Å²) in [6, 6.07) is 9.05. The third-order valence-corrected chi connectivity index (χ3v) is 6.36. The number of nitriles is 1. The number of methoxy groups -OCH3 is 1. The molecule has 11 nitrogen and oxygen atoms in total. The molecule has 0 bridgehead atoms. The highest BCUT2D eigenvalue weighted by Gasteiger charge is 2.18. The van der Waals surface area contributed by atoms with E-state index in [-0.39, 0.29) is 23.1 Å². The van der Waals surface area contributed by atoms with Crippen molar-refractivity contribution in [3.8, 4) is 11.8 Å². The number of nitrogens with one attached hydrogen (secondary N) is 3. The lowest BCUT2D eigenvalue weighted by molar-refractivity contribution is -0.125. The molecule has 2 rings (SSSR count). The van der Waals surface area contributed by atoms with E-state index in [0.717, 1.165) is 11.1 Å². The minimum Gasteiger partial charge on any atom is -0.494 e. The van der Waals surface area contributed by atoms with Crippen molar-refractivity contribution in [3.63, 3.8) is 0 Å². The Hall–Kier alpha value is -5.76. The molecule has 0 atom stereocenters. The summed E-state index contributed by atoms with van der Waals surface area (Å²) in [5, 5.41) is 25.3. The Morgan fingerprint density at radius 2 is 1.87 bits per heavy atom. The van der Waals surface area contributed by atoms with E-state index in [1.165, 1.54) is 20.2 Å². The van der Waals surface area contributed by atoms with E-state index in [1.807, 2.05) is 32.9 Å². The maximum absolute atomic E-state index is 13.2. The number of para-hydroxylation sites is 1. The van der Waals surface area contributed by atoms with Crippen LogP contribution in [-0.2, 0) is 9.59 Å². The molecular formula is C34H39N7O4. The summed E-state index contributed by atoms with van der Waals surface area (Å²) in [5.41, 5.74) is 5.00. The maximum Gasteiger partial charge on any atom is 0.273 e. The van der Waals surface area contributed by atoms with Crippen LogP contribution >= 0.6 is 0 Å². The highest BCUT2D eigenvalue weighted by atomic mass is 16.5. The standard InChI is InChI=1S/C34H39N7O4/c1-9-24(17-25(19-35)16-22(3)4)20-41(7)34(44)23(5)14-15-26(10-2)27-12-11-13-28(32(27)45-8)38-29-18-30(37-21-42)39-40-31(29)33(43)36-6/h9-18,21H,2,20H2,1,3-8H3,(H,36,43)(H2,37,38,39,42)/b23-14+,24-9+,25-17+,26-15+. The fraction of sp³-hybridized carbons (Fsp3) is 0.235. The van der Waals surface area contributed by atoms with Gasteiger partial charge in [0, 0.05) is 37.8 Å². The predicted molar refractivity (Wildman–Crippen MR) is 178 cm³/mol. The lowest BCUT2D eigenvalue weighted by Gasteiger charge is -2.18. The molecule has 0 aliphatic carbocycles. The smallest absolute Gasteiger partial charge is 0.273 e. The van der Waals surface area contributed by atoms with Crippen molar-refractivity contribution in [1.29, 1.82) is 5.26 Å². The number of likely N-dealkylation sites (N-methyl/N-ethyl adjacent to an activating group) is 1. The molecule has 3 amide bonds. The van der Waals surface area contributed by atoms with Crippen molar-refractivity contribution in [1.82, 2.24) is 20.4 Å². The molecule has 0 aliphatic rings. The van der Waals surface area contributed by atoms with Crippen LogP contribution in [0.4, 0.5) is 17.2 Å². The lowest BCUT2D eigenvalue weighted by atomic mass is 10.0. The van der Waals surface area contributed by atoms with Crippen molar-refractivity contribution in [2.24, 2.45) is 0 Å². The minimum absolute atomic E-state index is 0.0134. The van der Waals surface area contributed by atoms with Gasteiger partial charge in [-0.1, -0.05) is 48.6 Å². The molecule has 2 aromatic rings. The normalized spacial score (nSPS) is 12.0. The topological polar surface area (TPSA) is 149 Å². The Morgan fingerprint density at radius 1 is 1.13 bits per heavy atom. The van der Waals surface area contributed by atoms with Gasteiger partial charge < -0.3 is 25.6 Å². The van der Waals surface area contributed by atoms with Gasteiger partial charge in [-0.15, -0.1) is 10.2 Å². The zero-order valence-corrected chi connectivity index (χ0v) is 26.7. The zero-order valence-electron chi connectivity index (χ0n) is 26.7. The summed E-state index contributed by atoms with van der Waals surface area (Å²) in [4.78, 5) is 38.2. The molecular weight excluding hydrogens is 570 g/mol. The van der Waals surface area contributed by atoms with Crippen molar-refractivity contribution < 1.29 is 19.1 Å². The maximum atomic E-state index is 13.2. The number of hydrogen-bond acceptors (Lipinski definition) is 8. The van der Waals surface area contributed by atoms with Crippen molar-refractivity contribution in [2.75, 3.05) is 38.4 Å². The number of carbonyl (C=O) groups excluding carboxylic acids is 3. The largest absolute Gasteiger partial charge is 0.494 e. The molecule has 0 aliphatic heterocycles. The fourth-order valence-corrected chi connectivity index (χ4v) is 4.17. The summed E-state index contributed by atoms with van der Waals surface area (Å²) in [6.07, 6.45) is 11.0. The fourth-order valence-electron chi connectivity index (χ4n) is 4.17. The van der Waals surface area contributed by atoms with E-state index in [1.54, 1.807) is 61.4 Å². The van der Waals surface area contributed by atoms with Gasteiger partial charge in [-0.2, -0.15) is 5.26 Å². The molecule has 1 aromatic heterocycles. The Kier molecular flexibility index (Phi) is 13.7. The van der Waals surface area contributed by atoms with Crippen LogP contribution < -0.4 is 20.7 Å². The van der Waals surface area contributed by atoms with E-state index in [0.29, 0.717) is 46.7 Å². The first-order valence-electron chi connectivity index (χ1n) is 14.0. The highest BCUT2D eigenvalue weighted by Crippen LogP contribution is 2.36. The zero-order chi connectivity index (χ0) is 33.5. The molecule has 0 fully saturated rings. The number of rotatable bonds is 14. The third kappa shape index (κ3) is 9.90. The summed E-state index contributed by atoms with van der Waals surface area (Å²) in [7, 11) is 4.69. The molecule has 3 N–H and O–H groups in total. The van der Waals surface area contributed by atoms with Crippen molar-refractivity contribution in [2.45, 2.75) is 27.7 Å². The summed E-state index contributed by atoms with van der Waals surface area (Å²) < 4.78 is 5.76. The Bertz CT molecular complexity index is 1640. The number of hydrogen-bond donors (Lipinski definition) is 3. The van der Waals surface area contributed by atoms with Gasteiger partial charge in [0.15, 0.2) is 11.5 Å². The average Bonchev–Trinajstić information content (AvgIpc) is 3.03. The van der Waals surface area contributed by atoms with Crippen LogP contribution in [-0.4, -0.2) is 61.1 Å². The highest BCUT2D eigenvalue weighted by molar-refractivity contribution is 5.99. The van der Waals surface area contributed by atoms with E-state index in [9.17, 15) is 19.6 Å². The monoisotopic (exact) mass is 609 g/mol. The molecule has 234 valence electrons. The van der Waals surface area contributed by atoms with Crippen LogP contribution in [0.3, 0.4) is 0 Å². The number of carbonyl (C=O) groups is 3. The van der Waals surface area contributed by atoms with Gasteiger partial charge in [-0.05, 0) is 57.1 Å². The number of benzene rings is 1. The molecule has 0 saturated heterocycles. The molecule has 0 unspecified atom stereocenters. The van der Waals surface area contributed by atoms with E-state index in [4.69, 9.17) is 4.74 Å². The van der Waals surface area contributed by atoms with Gasteiger partial charge in [0.1, 0.15) is 5.75 Å². The van der Waals surface area contributed by atoms with Gasteiger partial charge in [0.25, 0.3) is 5.91 Å². The Labute approximate surface area is 264 Å². The van der Waals surface area contributed by atoms with Crippen LogP contribution in [0.5, 0.6) is 5.75 Å². The number of allylic oxidation sites excluding steroid dienone is 8.